The van der Waals surface area contributed by atoms with E-state index in [0.717, 1.165) is 36.0 Å². The second-order valence-corrected chi connectivity index (χ2v) is 9.71. The van der Waals surface area contributed by atoms with Gasteiger partial charge in [-0.3, -0.25) is 9.69 Å². The summed E-state index contributed by atoms with van der Waals surface area (Å²) in [5, 5.41) is 1.20. The SMILES string of the molecule is Cn1ccc2ccc(C(=O)N3CCCC4=CC5CC(CN6CCCC[C@H]56)[C@@H]43)cc21. The summed E-state index contributed by atoms with van der Waals surface area (Å²) in [4.78, 5) is 18.6. The maximum absolute atomic E-state index is 13.7. The van der Waals surface area contributed by atoms with E-state index in [1.54, 1.807) is 5.57 Å². The third-order valence-electron chi connectivity index (χ3n) is 8.05. The van der Waals surface area contributed by atoms with Crippen LogP contribution in [-0.2, 0) is 7.05 Å². The molecule has 4 heterocycles. The van der Waals surface area contributed by atoms with Crippen LogP contribution in [0.25, 0.3) is 10.9 Å². The molecule has 4 aliphatic rings. The van der Waals surface area contributed by atoms with E-state index in [-0.39, 0.29) is 5.91 Å². The molecule has 29 heavy (non-hydrogen) atoms. The Morgan fingerprint density at radius 2 is 2.03 bits per heavy atom. The molecule has 2 unspecified atom stereocenters. The van der Waals surface area contributed by atoms with Crippen LogP contribution in [0.1, 0.15) is 48.9 Å². The molecular weight excluding hydrogens is 358 g/mol. The Hall–Kier alpha value is -2.07. The zero-order chi connectivity index (χ0) is 19.5. The fourth-order valence-electron chi connectivity index (χ4n) is 6.76. The molecule has 0 spiro atoms. The van der Waals surface area contributed by atoms with Crippen molar-refractivity contribution in [3.05, 3.63) is 47.7 Å². The molecule has 2 aromatic rings. The van der Waals surface area contributed by atoms with Gasteiger partial charge in [-0.25, -0.2) is 0 Å². The summed E-state index contributed by atoms with van der Waals surface area (Å²) in [7, 11) is 2.05. The number of hydrogen-bond donors (Lipinski definition) is 0. The molecule has 0 saturated carbocycles. The molecule has 1 aromatic carbocycles. The molecule has 0 radical (unpaired) electrons. The summed E-state index contributed by atoms with van der Waals surface area (Å²) in [5.74, 6) is 1.55. The summed E-state index contributed by atoms with van der Waals surface area (Å²) < 4.78 is 2.11. The molecule has 6 rings (SSSR count). The predicted molar refractivity (Wildman–Crippen MR) is 116 cm³/mol. The average Bonchev–Trinajstić information content (AvgIpc) is 3.13. The lowest BCUT2D eigenvalue weighted by Gasteiger charge is -2.54. The fraction of sp³-hybridized carbons (Fsp3) is 0.560. The summed E-state index contributed by atoms with van der Waals surface area (Å²) >= 11 is 0. The van der Waals surface area contributed by atoms with Crippen LogP contribution in [0.3, 0.4) is 0 Å². The summed E-state index contributed by atoms with van der Waals surface area (Å²) in [6.07, 6.45) is 12.3. The Kier molecular flexibility index (Phi) is 4.12. The molecule has 4 heteroatoms. The predicted octanol–water partition coefficient (Wildman–Crippen LogP) is 4.21. The van der Waals surface area contributed by atoms with E-state index in [9.17, 15) is 4.79 Å². The van der Waals surface area contributed by atoms with Crippen LogP contribution >= 0.6 is 0 Å². The van der Waals surface area contributed by atoms with E-state index in [4.69, 9.17) is 0 Å². The second kappa shape index (κ2) is 6.73. The number of amides is 1. The molecule has 0 N–H and O–H groups in total. The van der Waals surface area contributed by atoms with Gasteiger partial charge in [0.25, 0.3) is 5.91 Å². The van der Waals surface area contributed by atoms with Crippen LogP contribution in [0.15, 0.2) is 42.1 Å². The zero-order valence-electron chi connectivity index (χ0n) is 17.4. The molecular formula is C25H31N3O. The van der Waals surface area contributed by atoms with Gasteiger partial charge >= 0.3 is 0 Å². The molecule has 1 aliphatic carbocycles. The Balaban J connectivity index is 1.34. The number of benzene rings is 1. The van der Waals surface area contributed by atoms with Gasteiger partial charge in [-0.15, -0.1) is 0 Å². The van der Waals surface area contributed by atoms with Crippen molar-refractivity contribution >= 4 is 16.8 Å². The van der Waals surface area contributed by atoms with Crippen LogP contribution in [0, 0.1) is 11.8 Å². The minimum atomic E-state index is 0.225. The zero-order valence-corrected chi connectivity index (χ0v) is 17.4. The van der Waals surface area contributed by atoms with Gasteiger partial charge in [0.05, 0.1) is 6.04 Å². The van der Waals surface area contributed by atoms with Crippen molar-refractivity contribution in [2.75, 3.05) is 19.6 Å². The topological polar surface area (TPSA) is 28.5 Å². The normalized spacial score (nSPS) is 31.9. The van der Waals surface area contributed by atoms with Gasteiger partial charge < -0.3 is 9.47 Å². The van der Waals surface area contributed by atoms with Gasteiger partial charge in [0.2, 0.25) is 0 Å². The lowest BCUT2D eigenvalue weighted by atomic mass is 9.68. The number of carbonyl (C=O) groups excluding carboxylic acids is 1. The van der Waals surface area contributed by atoms with Gasteiger partial charge in [0, 0.05) is 43.5 Å². The minimum Gasteiger partial charge on any atom is -0.351 e. The molecule has 4 nitrogen and oxygen atoms in total. The van der Waals surface area contributed by atoms with Crippen molar-refractivity contribution in [1.82, 2.24) is 14.4 Å². The van der Waals surface area contributed by atoms with Gasteiger partial charge in [0.1, 0.15) is 0 Å². The average molecular weight is 390 g/mol. The third kappa shape index (κ3) is 2.79. The van der Waals surface area contributed by atoms with Crippen molar-refractivity contribution < 1.29 is 4.79 Å². The maximum atomic E-state index is 13.7. The quantitative estimate of drug-likeness (QED) is 0.684. The Morgan fingerprint density at radius 1 is 1.10 bits per heavy atom. The van der Waals surface area contributed by atoms with E-state index in [2.05, 4.69) is 51.9 Å². The van der Waals surface area contributed by atoms with E-state index in [0.29, 0.717) is 12.0 Å². The van der Waals surface area contributed by atoms with Crippen molar-refractivity contribution in [3.8, 4) is 0 Å². The van der Waals surface area contributed by atoms with Crippen LogP contribution in [0.4, 0.5) is 0 Å². The molecule has 152 valence electrons. The summed E-state index contributed by atoms with van der Waals surface area (Å²) in [5.41, 5.74) is 3.55. The van der Waals surface area contributed by atoms with E-state index in [1.807, 2.05) is 6.07 Å². The number of aryl methyl sites for hydroxylation is 1. The highest BCUT2D eigenvalue weighted by Gasteiger charge is 2.46. The number of aromatic nitrogens is 1. The fourth-order valence-corrected chi connectivity index (χ4v) is 6.76. The van der Waals surface area contributed by atoms with Crippen molar-refractivity contribution in [1.29, 1.82) is 0 Å². The standard InChI is InChI=1S/C25H31N3O/c1-26-12-9-17-7-8-19(15-23(17)26)25(29)28-11-4-5-18-13-20-14-21(24(18)28)16-27-10-3-2-6-22(20)27/h7-9,12-13,15,20-22,24H,2-6,10-11,14,16H2,1H3/t20?,21?,22-,24-/m1/s1. The highest BCUT2D eigenvalue weighted by molar-refractivity contribution is 5.98. The van der Waals surface area contributed by atoms with Crippen LogP contribution in [0.2, 0.25) is 0 Å². The summed E-state index contributed by atoms with van der Waals surface area (Å²) in [6, 6.07) is 9.40. The second-order valence-electron chi connectivity index (χ2n) is 9.71. The first kappa shape index (κ1) is 17.8. The monoisotopic (exact) mass is 389 g/mol. The van der Waals surface area contributed by atoms with Gasteiger partial charge in [-0.1, -0.05) is 24.1 Å². The molecule has 1 amide bonds. The number of likely N-dealkylation sites (tertiary alicyclic amines) is 1. The molecule has 3 aliphatic heterocycles. The van der Waals surface area contributed by atoms with E-state index >= 15 is 0 Å². The molecule has 4 atom stereocenters. The third-order valence-corrected chi connectivity index (χ3v) is 8.05. The largest absolute Gasteiger partial charge is 0.351 e. The van der Waals surface area contributed by atoms with E-state index < -0.39 is 0 Å². The van der Waals surface area contributed by atoms with Crippen molar-refractivity contribution in [2.24, 2.45) is 18.9 Å². The highest BCUT2D eigenvalue weighted by Crippen LogP contribution is 2.45. The highest BCUT2D eigenvalue weighted by atomic mass is 16.2. The Labute approximate surface area is 173 Å². The number of nitrogens with zero attached hydrogens (tertiary/aromatic N) is 3. The Bertz CT molecular complexity index is 989. The minimum absolute atomic E-state index is 0.225. The first-order valence-corrected chi connectivity index (χ1v) is 11.5. The number of hydrogen-bond acceptors (Lipinski definition) is 2. The van der Waals surface area contributed by atoms with Crippen LogP contribution in [-0.4, -0.2) is 52.0 Å². The van der Waals surface area contributed by atoms with E-state index in [1.165, 1.54) is 50.6 Å². The number of carbonyl (C=O) groups is 1. The molecule has 3 fully saturated rings. The lowest BCUT2D eigenvalue weighted by Crippen LogP contribution is -2.60. The van der Waals surface area contributed by atoms with Crippen LogP contribution < -0.4 is 0 Å². The van der Waals surface area contributed by atoms with Gasteiger partial charge in [-0.05, 0) is 74.1 Å². The number of fused-ring (bicyclic) bond motifs is 7. The lowest BCUT2D eigenvalue weighted by molar-refractivity contribution is 0.00148. The van der Waals surface area contributed by atoms with Crippen molar-refractivity contribution in [2.45, 2.75) is 50.6 Å². The van der Waals surface area contributed by atoms with Crippen molar-refractivity contribution in [3.63, 3.8) is 0 Å². The first-order valence-electron chi connectivity index (χ1n) is 11.5. The maximum Gasteiger partial charge on any atom is 0.254 e. The number of rotatable bonds is 1. The van der Waals surface area contributed by atoms with Crippen LogP contribution in [0.5, 0.6) is 0 Å². The van der Waals surface area contributed by atoms with Gasteiger partial charge in [-0.2, -0.15) is 0 Å². The smallest absolute Gasteiger partial charge is 0.254 e. The van der Waals surface area contributed by atoms with Gasteiger partial charge in [0.15, 0.2) is 0 Å². The molecule has 3 saturated heterocycles. The molecule has 1 aromatic heterocycles. The number of piperidine rings is 3. The summed E-state index contributed by atoms with van der Waals surface area (Å²) in [6.45, 7) is 3.34. The molecule has 2 bridgehead atoms. The first-order chi connectivity index (χ1) is 14.2. The Morgan fingerprint density at radius 3 is 2.97 bits per heavy atom.